The molecule has 2 heterocycles. The lowest BCUT2D eigenvalue weighted by Crippen LogP contribution is -2.35. The van der Waals surface area contributed by atoms with Crippen molar-refractivity contribution < 1.29 is 4.42 Å². The van der Waals surface area contributed by atoms with Crippen LogP contribution in [0.1, 0.15) is 22.7 Å². The van der Waals surface area contributed by atoms with Crippen LogP contribution in [0.5, 0.6) is 0 Å². The predicted molar refractivity (Wildman–Crippen MR) is 82.8 cm³/mol. The fourth-order valence-corrected chi connectivity index (χ4v) is 4.11. The first-order valence-corrected chi connectivity index (χ1v) is 7.44. The molecule has 104 valence electrons. The first-order chi connectivity index (χ1) is 10.2. The maximum Gasteiger partial charge on any atom is 0.344 e. The van der Waals surface area contributed by atoms with E-state index in [-0.39, 0.29) is 5.63 Å². The largest absolute Gasteiger partial charge is 0.422 e. The first-order valence-electron chi connectivity index (χ1n) is 7.44. The quantitative estimate of drug-likeness (QED) is 0.468. The van der Waals surface area contributed by atoms with Gasteiger partial charge in [-0.15, -0.1) is 0 Å². The SMILES string of the molecule is CN1CCc2ccc3oc(=O)c4cccc5c4c3c2[C@H]1C5. The third kappa shape index (κ3) is 1.34. The molecule has 3 aromatic rings. The normalized spacial score (nSPS) is 20.5. The second kappa shape index (κ2) is 3.74. The van der Waals surface area contributed by atoms with E-state index in [2.05, 4.69) is 24.1 Å². The summed E-state index contributed by atoms with van der Waals surface area (Å²) in [6.45, 7) is 1.09. The van der Waals surface area contributed by atoms with Crippen LogP contribution in [0, 0.1) is 0 Å². The number of benzene rings is 2. The molecule has 0 saturated carbocycles. The number of rotatable bonds is 0. The van der Waals surface area contributed by atoms with Crippen molar-refractivity contribution in [3.63, 3.8) is 0 Å². The first kappa shape index (κ1) is 11.5. The van der Waals surface area contributed by atoms with Crippen LogP contribution in [-0.4, -0.2) is 18.5 Å². The van der Waals surface area contributed by atoms with E-state index in [0.717, 1.165) is 35.7 Å². The van der Waals surface area contributed by atoms with Gasteiger partial charge in [-0.1, -0.05) is 18.2 Å². The molecule has 21 heavy (non-hydrogen) atoms. The van der Waals surface area contributed by atoms with Crippen LogP contribution in [0.15, 0.2) is 39.5 Å². The maximum absolute atomic E-state index is 12.2. The summed E-state index contributed by atoms with van der Waals surface area (Å²) in [5.41, 5.74) is 4.58. The Bertz CT molecular complexity index is 970. The lowest BCUT2D eigenvalue weighted by atomic mass is 9.80. The highest BCUT2D eigenvalue weighted by atomic mass is 16.4. The molecule has 1 aliphatic carbocycles. The predicted octanol–water partition coefficient (Wildman–Crippen LogP) is 3.03. The van der Waals surface area contributed by atoms with Gasteiger partial charge in [0.25, 0.3) is 0 Å². The zero-order valence-corrected chi connectivity index (χ0v) is 11.8. The van der Waals surface area contributed by atoms with Crippen molar-refractivity contribution in [1.29, 1.82) is 0 Å². The molecule has 0 bridgehead atoms. The summed E-state index contributed by atoms with van der Waals surface area (Å²) in [5, 5.41) is 3.01. The Hall–Kier alpha value is -2.13. The third-order valence-corrected chi connectivity index (χ3v) is 5.13. The molecule has 0 fully saturated rings. The molecule has 0 spiro atoms. The highest BCUT2D eigenvalue weighted by molar-refractivity contribution is 6.09. The standard InChI is InChI=1S/C18H15NO2/c1-19-8-7-10-5-6-14-17-15-11(9-13(19)16(10)17)3-2-4-12(15)18(20)21-14/h2-6,13H,7-9H2,1H3/t13-/m1/s1. The topological polar surface area (TPSA) is 33.5 Å². The Labute approximate surface area is 121 Å². The molecular weight excluding hydrogens is 262 g/mol. The smallest absolute Gasteiger partial charge is 0.344 e. The van der Waals surface area contributed by atoms with Crippen molar-refractivity contribution in [2.75, 3.05) is 13.6 Å². The van der Waals surface area contributed by atoms with Crippen LogP contribution in [0.3, 0.4) is 0 Å². The second-order valence-electron chi connectivity index (χ2n) is 6.19. The summed E-state index contributed by atoms with van der Waals surface area (Å²) in [5.74, 6) is 0. The molecule has 3 nitrogen and oxygen atoms in total. The molecule has 0 unspecified atom stereocenters. The van der Waals surface area contributed by atoms with Gasteiger partial charge in [0, 0.05) is 23.4 Å². The van der Waals surface area contributed by atoms with Crippen LogP contribution in [0.25, 0.3) is 21.7 Å². The second-order valence-corrected chi connectivity index (χ2v) is 6.19. The van der Waals surface area contributed by atoms with Gasteiger partial charge in [0.05, 0.1) is 5.39 Å². The Morgan fingerprint density at radius 3 is 2.95 bits per heavy atom. The van der Waals surface area contributed by atoms with Crippen LogP contribution < -0.4 is 5.63 Å². The van der Waals surface area contributed by atoms with Crippen molar-refractivity contribution in [2.24, 2.45) is 0 Å². The summed E-state index contributed by atoms with van der Waals surface area (Å²) in [4.78, 5) is 14.6. The van der Waals surface area contributed by atoms with E-state index in [9.17, 15) is 4.79 Å². The van der Waals surface area contributed by atoms with E-state index >= 15 is 0 Å². The summed E-state index contributed by atoms with van der Waals surface area (Å²) < 4.78 is 5.58. The zero-order chi connectivity index (χ0) is 14.1. The highest BCUT2D eigenvalue weighted by Gasteiger charge is 2.32. The van der Waals surface area contributed by atoms with Gasteiger partial charge in [0.2, 0.25) is 0 Å². The molecule has 1 atom stereocenters. The molecule has 0 N–H and O–H groups in total. The van der Waals surface area contributed by atoms with Crippen LogP contribution in [0.4, 0.5) is 0 Å². The Balaban J connectivity index is 2.10. The minimum absolute atomic E-state index is 0.220. The molecular formula is C18H15NO2. The average molecular weight is 277 g/mol. The number of hydrogen-bond donors (Lipinski definition) is 0. The van der Waals surface area contributed by atoms with E-state index in [0.29, 0.717) is 6.04 Å². The maximum atomic E-state index is 12.2. The van der Waals surface area contributed by atoms with Crippen molar-refractivity contribution in [2.45, 2.75) is 18.9 Å². The Kier molecular flexibility index (Phi) is 2.05. The van der Waals surface area contributed by atoms with E-state index in [1.807, 2.05) is 18.2 Å². The van der Waals surface area contributed by atoms with E-state index in [4.69, 9.17) is 4.42 Å². The van der Waals surface area contributed by atoms with Gasteiger partial charge >= 0.3 is 5.63 Å². The summed E-state index contributed by atoms with van der Waals surface area (Å²) in [6, 6.07) is 10.5. The molecule has 1 aliphatic heterocycles. The van der Waals surface area contributed by atoms with Gasteiger partial charge in [-0.3, -0.25) is 4.90 Å². The van der Waals surface area contributed by atoms with Crippen molar-refractivity contribution in [3.8, 4) is 0 Å². The van der Waals surface area contributed by atoms with Crippen LogP contribution >= 0.6 is 0 Å². The molecule has 3 heteroatoms. The third-order valence-electron chi connectivity index (χ3n) is 5.13. The number of likely N-dealkylation sites (N-methyl/N-ethyl adjacent to an activating group) is 1. The van der Waals surface area contributed by atoms with E-state index in [1.54, 1.807) is 0 Å². The molecule has 5 rings (SSSR count). The van der Waals surface area contributed by atoms with Gasteiger partial charge in [-0.2, -0.15) is 0 Å². The van der Waals surface area contributed by atoms with Gasteiger partial charge in [-0.05, 0) is 48.7 Å². The molecule has 1 aromatic heterocycles. The average Bonchev–Trinajstić information content (AvgIpc) is 2.51. The Morgan fingerprint density at radius 1 is 1.14 bits per heavy atom. The fraction of sp³-hybridized carbons (Fsp3) is 0.278. The lowest BCUT2D eigenvalue weighted by Gasteiger charge is -2.38. The molecule has 0 saturated heterocycles. The Morgan fingerprint density at radius 2 is 2.05 bits per heavy atom. The van der Waals surface area contributed by atoms with Crippen molar-refractivity contribution in [3.05, 3.63) is 57.4 Å². The van der Waals surface area contributed by atoms with E-state index in [1.165, 1.54) is 22.1 Å². The highest BCUT2D eigenvalue weighted by Crippen LogP contribution is 2.44. The fourth-order valence-electron chi connectivity index (χ4n) is 4.11. The van der Waals surface area contributed by atoms with Gasteiger partial charge in [0.1, 0.15) is 5.58 Å². The minimum Gasteiger partial charge on any atom is -0.422 e. The molecule has 2 aromatic carbocycles. The van der Waals surface area contributed by atoms with Gasteiger partial charge < -0.3 is 4.42 Å². The monoisotopic (exact) mass is 277 g/mol. The van der Waals surface area contributed by atoms with Gasteiger partial charge in [0.15, 0.2) is 0 Å². The number of nitrogens with zero attached hydrogens (tertiary/aromatic N) is 1. The molecule has 0 radical (unpaired) electrons. The van der Waals surface area contributed by atoms with Crippen LogP contribution in [-0.2, 0) is 12.8 Å². The van der Waals surface area contributed by atoms with Gasteiger partial charge in [-0.25, -0.2) is 4.79 Å². The summed E-state index contributed by atoms with van der Waals surface area (Å²) >= 11 is 0. The summed E-state index contributed by atoms with van der Waals surface area (Å²) in [6.07, 6.45) is 2.05. The van der Waals surface area contributed by atoms with Crippen molar-refractivity contribution >= 4 is 21.7 Å². The minimum atomic E-state index is -0.220. The number of hydrogen-bond acceptors (Lipinski definition) is 3. The molecule has 0 amide bonds. The lowest BCUT2D eigenvalue weighted by molar-refractivity contribution is 0.230. The summed E-state index contributed by atoms with van der Waals surface area (Å²) in [7, 11) is 2.19. The van der Waals surface area contributed by atoms with E-state index < -0.39 is 0 Å². The zero-order valence-electron chi connectivity index (χ0n) is 11.8. The van der Waals surface area contributed by atoms with Crippen LogP contribution in [0.2, 0.25) is 0 Å². The molecule has 2 aliphatic rings. The van der Waals surface area contributed by atoms with Crippen molar-refractivity contribution in [1.82, 2.24) is 4.90 Å².